The van der Waals surface area contributed by atoms with Crippen molar-refractivity contribution in [3.05, 3.63) is 29.8 Å². The topological polar surface area (TPSA) is 21.3 Å². The molecule has 1 aromatic carbocycles. The van der Waals surface area contributed by atoms with E-state index in [-0.39, 0.29) is 0 Å². The second kappa shape index (κ2) is 9.09. The first-order valence-corrected chi connectivity index (χ1v) is 8.69. The molecule has 0 heterocycles. The summed E-state index contributed by atoms with van der Waals surface area (Å²) in [6, 6.07) is 9.24. The van der Waals surface area contributed by atoms with Crippen LogP contribution in [0.5, 0.6) is 5.75 Å². The zero-order chi connectivity index (χ0) is 14.9. The van der Waals surface area contributed by atoms with Gasteiger partial charge in [0.1, 0.15) is 5.75 Å². The minimum atomic E-state index is 0.690. The number of hydrogen-bond acceptors (Lipinski definition) is 2. The molecule has 1 fully saturated rings. The Kier molecular flexibility index (Phi) is 7.08. The van der Waals surface area contributed by atoms with Gasteiger partial charge in [0.25, 0.3) is 0 Å². The predicted molar refractivity (Wildman–Crippen MR) is 90.0 cm³/mol. The molecule has 0 aromatic heterocycles. The van der Waals surface area contributed by atoms with E-state index in [1.807, 2.05) is 0 Å². The number of ether oxygens (including phenoxy) is 1. The van der Waals surface area contributed by atoms with E-state index in [0.29, 0.717) is 6.04 Å². The Hall–Kier alpha value is -1.02. The number of benzene rings is 1. The van der Waals surface area contributed by atoms with Gasteiger partial charge in [-0.05, 0) is 55.8 Å². The van der Waals surface area contributed by atoms with Crippen LogP contribution in [-0.2, 0) is 6.42 Å². The van der Waals surface area contributed by atoms with Gasteiger partial charge in [-0.2, -0.15) is 0 Å². The highest BCUT2D eigenvalue weighted by molar-refractivity contribution is 5.27. The summed E-state index contributed by atoms with van der Waals surface area (Å²) in [5.74, 6) is 1.83. The van der Waals surface area contributed by atoms with Gasteiger partial charge >= 0.3 is 0 Å². The molecule has 1 unspecified atom stereocenters. The lowest BCUT2D eigenvalue weighted by molar-refractivity contribution is 0.308. The van der Waals surface area contributed by atoms with E-state index in [1.165, 1.54) is 50.5 Å². The Morgan fingerprint density at radius 2 is 1.76 bits per heavy atom. The molecule has 0 bridgehead atoms. The summed E-state index contributed by atoms with van der Waals surface area (Å²) >= 11 is 0. The fourth-order valence-electron chi connectivity index (χ4n) is 3.59. The van der Waals surface area contributed by atoms with E-state index in [9.17, 15) is 0 Å². The second-order valence-corrected chi connectivity index (χ2v) is 6.30. The molecule has 1 aromatic rings. The number of aryl methyl sites for hydroxylation is 1. The minimum Gasteiger partial charge on any atom is -0.497 e. The van der Waals surface area contributed by atoms with Gasteiger partial charge < -0.3 is 10.1 Å². The van der Waals surface area contributed by atoms with Crippen LogP contribution in [0.1, 0.15) is 57.4 Å². The third-order valence-electron chi connectivity index (χ3n) is 4.84. The third kappa shape index (κ3) is 5.35. The summed E-state index contributed by atoms with van der Waals surface area (Å²) in [7, 11) is 1.72. The number of nitrogens with one attached hydrogen (secondary N) is 1. The molecule has 118 valence electrons. The van der Waals surface area contributed by atoms with Crippen molar-refractivity contribution in [2.45, 2.75) is 64.3 Å². The molecular formula is C19H31NO. The van der Waals surface area contributed by atoms with E-state index in [0.717, 1.165) is 24.6 Å². The molecule has 1 aliphatic carbocycles. The average Bonchev–Trinajstić information content (AvgIpc) is 2.81. The van der Waals surface area contributed by atoms with Gasteiger partial charge in [-0.1, -0.05) is 44.7 Å². The molecule has 0 spiro atoms. The highest BCUT2D eigenvalue weighted by atomic mass is 16.5. The van der Waals surface area contributed by atoms with Crippen LogP contribution in [0.3, 0.4) is 0 Å². The monoisotopic (exact) mass is 289 g/mol. The van der Waals surface area contributed by atoms with Gasteiger partial charge in [0.2, 0.25) is 0 Å². The Labute approximate surface area is 130 Å². The largest absolute Gasteiger partial charge is 0.497 e. The van der Waals surface area contributed by atoms with Gasteiger partial charge in [0.15, 0.2) is 0 Å². The maximum atomic E-state index is 5.23. The Balaban J connectivity index is 1.88. The summed E-state index contributed by atoms with van der Waals surface area (Å²) in [5.41, 5.74) is 1.42. The number of methoxy groups -OCH3 is 1. The van der Waals surface area contributed by atoms with Crippen LogP contribution in [0.15, 0.2) is 24.3 Å². The van der Waals surface area contributed by atoms with Crippen molar-refractivity contribution in [1.29, 1.82) is 0 Å². The zero-order valence-electron chi connectivity index (χ0n) is 13.7. The lowest BCUT2D eigenvalue weighted by atomic mass is 9.88. The second-order valence-electron chi connectivity index (χ2n) is 6.30. The first kappa shape index (κ1) is 16.4. The molecule has 2 rings (SSSR count). The number of hydrogen-bond donors (Lipinski definition) is 1. The van der Waals surface area contributed by atoms with E-state index < -0.39 is 0 Å². The van der Waals surface area contributed by atoms with E-state index in [4.69, 9.17) is 4.74 Å². The van der Waals surface area contributed by atoms with Crippen molar-refractivity contribution in [3.63, 3.8) is 0 Å². The molecule has 2 nitrogen and oxygen atoms in total. The average molecular weight is 289 g/mol. The van der Waals surface area contributed by atoms with Crippen molar-refractivity contribution in [3.8, 4) is 5.75 Å². The van der Waals surface area contributed by atoms with E-state index >= 15 is 0 Å². The molecule has 0 amide bonds. The number of rotatable bonds is 7. The van der Waals surface area contributed by atoms with Crippen LogP contribution < -0.4 is 10.1 Å². The molecule has 0 radical (unpaired) electrons. The fourth-order valence-corrected chi connectivity index (χ4v) is 3.59. The molecule has 1 atom stereocenters. The van der Waals surface area contributed by atoms with Crippen molar-refractivity contribution in [2.75, 3.05) is 13.7 Å². The van der Waals surface area contributed by atoms with Crippen LogP contribution >= 0.6 is 0 Å². The maximum absolute atomic E-state index is 5.23. The van der Waals surface area contributed by atoms with Gasteiger partial charge in [0, 0.05) is 6.04 Å². The van der Waals surface area contributed by atoms with Gasteiger partial charge in [-0.25, -0.2) is 0 Å². The summed E-state index contributed by atoms with van der Waals surface area (Å²) < 4.78 is 5.23. The smallest absolute Gasteiger partial charge is 0.118 e. The van der Waals surface area contributed by atoms with Crippen LogP contribution in [-0.4, -0.2) is 19.7 Å². The lowest BCUT2D eigenvalue weighted by Gasteiger charge is -2.27. The lowest BCUT2D eigenvalue weighted by Crippen LogP contribution is -2.36. The van der Waals surface area contributed by atoms with Crippen LogP contribution in [0, 0.1) is 5.92 Å². The highest BCUT2D eigenvalue weighted by Crippen LogP contribution is 2.27. The molecule has 1 saturated carbocycles. The van der Waals surface area contributed by atoms with Gasteiger partial charge in [0.05, 0.1) is 7.11 Å². The van der Waals surface area contributed by atoms with Crippen molar-refractivity contribution in [2.24, 2.45) is 5.92 Å². The SMILES string of the molecule is CCNC(CCc1ccc(OC)cc1)C1CCCCCC1. The molecule has 1 N–H and O–H groups in total. The summed E-state index contributed by atoms with van der Waals surface area (Å²) in [6.45, 7) is 3.32. The molecule has 21 heavy (non-hydrogen) atoms. The molecule has 0 aliphatic heterocycles. The van der Waals surface area contributed by atoms with E-state index in [1.54, 1.807) is 7.11 Å². The van der Waals surface area contributed by atoms with Crippen LogP contribution in [0.2, 0.25) is 0 Å². The fraction of sp³-hybridized carbons (Fsp3) is 0.684. The minimum absolute atomic E-state index is 0.690. The predicted octanol–water partition coefficient (Wildman–Crippen LogP) is 4.58. The highest BCUT2D eigenvalue weighted by Gasteiger charge is 2.21. The molecular weight excluding hydrogens is 258 g/mol. The van der Waals surface area contributed by atoms with Crippen molar-refractivity contribution >= 4 is 0 Å². The summed E-state index contributed by atoms with van der Waals surface area (Å²) in [5, 5.41) is 3.75. The Bertz CT molecular complexity index is 379. The van der Waals surface area contributed by atoms with Crippen molar-refractivity contribution in [1.82, 2.24) is 5.32 Å². The first-order valence-electron chi connectivity index (χ1n) is 8.69. The third-order valence-corrected chi connectivity index (χ3v) is 4.84. The zero-order valence-corrected chi connectivity index (χ0v) is 13.7. The van der Waals surface area contributed by atoms with Gasteiger partial charge in [-0.15, -0.1) is 0 Å². The molecule has 0 saturated heterocycles. The first-order chi connectivity index (χ1) is 10.3. The van der Waals surface area contributed by atoms with Gasteiger partial charge in [-0.3, -0.25) is 0 Å². The summed E-state index contributed by atoms with van der Waals surface area (Å²) in [4.78, 5) is 0. The van der Waals surface area contributed by atoms with Crippen LogP contribution in [0.25, 0.3) is 0 Å². The Morgan fingerprint density at radius 1 is 1.10 bits per heavy atom. The maximum Gasteiger partial charge on any atom is 0.118 e. The molecule has 1 aliphatic rings. The quantitative estimate of drug-likeness (QED) is 0.742. The van der Waals surface area contributed by atoms with E-state index in [2.05, 4.69) is 36.5 Å². The summed E-state index contributed by atoms with van der Waals surface area (Å²) in [6.07, 6.45) is 11.0. The standard InChI is InChI=1S/C19H31NO/c1-3-20-19(17-8-6-4-5-7-9-17)15-12-16-10-13-18(21-2)14-11-16/h10-11,13-14,17,19-20H,3-9,12,15H2,1-2H3. The van der Waals surface area contributed by atoms with Crippen LogP contribution in [0.4, 0.5) is 0 Å². The molecule has 2 heteroatoms. The normalized spacial score (nSPS) is 18.2. The van der Waals surface area contributed by atoms with Crippen molar-refractivity contribution < 1.29 is 4.74 Å². The Morgan fingerprint density at radius 3 is 2.33 bits per heavy atom.